The molecule has 0 aliphatic carbocycles. The summed E-state index contributed by atoms with van der Waals surface area (Å²) in [4.78, 5) is 0. The molecule has 1 aromatic carbocycles. The van der Waals surface area contributed by atoms with Gasteiger partial charge < -0.3 is 28.4 Å². The summed E-state index contributed by atoms with van der Waals surface area (Å²) < 4.78 is 32.6. The molecule has 3 unspecified atom stereocenters. The molecule has 3 fully saturated rings. The monoisotopic (exact) mass is 488 g/mol. The molecule has 0 amide bonds. The lowest BCUT2D eigenvalue weighted by Crippen LogP contribution is -2.03. The molecule has 35 heavy (non-hydrogen) atoms. The third kappa shape index (κ3) is 12.5. The van der Waals surface area contributed by atoms with Gasteiger partial charge in [0.25, 0.3) is 0 Å². The van der Waals surface area contributed by atoms with Crippen molar-refractivity contribution in [3.05, 3.63) is 41.0 Å². The summed E-state index contributed by atoms with van der Waals surface area (Å²) in [5, 5.41) is 0. The molecule has 0 spiro atoms. The van der Waals surface area contributed by atoms with Crippen LogP contribution in [-0.2, 0) is 41.3 Å². The Morgan fingerprint density at radius 1 is 0.686 bits per heavy atom. The van der Waals surface area contributed by atoms with E-state index in [0.29, 0.717) is 18.3 Å². The second kappa shape index (κ2) is 15.7. The summed E-state index contributed by atoms with van der Waals surface area (Å²) in [5.41, 5.74) is 4.23. The lowest BCUT2D eigenvalue weighted by Gasteiger charge is -2.10. The first-order valence-corrected chi connectivity index (χ1v) is 13.7. The molecular formula is C29H44O6. The number of hydrogen-bond donors (Lipinski definition) is 0. The molecule has 0 aromatic heterocycles. The van der Waals surface area contributed by atoms with Crippen molar-refractivity contribution in [2.24, 2.45) is 0 Å². The molecule has 0 N–H and O–H groups in total. The SMILES string of the molecule is C(=Cc1cc(CCCCOCC2CO2)ccc1CCCCOCC1CO1)CCCCOCC1CO1. The van der Waals surface area contributed by atoms with Crippen molar-refractivity contribution in [2.45, 2.75) is 76.1 Å². The van der Waals surface area contributed by atoms with Gasteiger partial charge in [-0.3, -0.25) is 0 Å². The molecule has 6 nitrogen and oxygen atoms in total. The van der Waals surface area contributed by atoms with E-state index in [-0.39, 0.29) is 0 Å². The zero-order valence-corrected chi connectivity index (χ0v) is 21.3. The molecule has 3 atom stereocenters. The number of allylic oxidation sites excluding steroid dienone is 1. The first kappa shape index (κ1) is 26.8. The molecule has 0 bridgehead atoms. The van der Waals surface area contributed by atoms with E-state index in [9.17, 15) is 0 Å². The standard InChI is InChI=1S/C29H44O6/c1(2-6-14-30-18-27-21-33-27)3-11-26-17-24(9-4-7-15-31-19-28-22-34-28)12-13-25(26)10-5-8-16-32-20-29-23-35-29/h3,11-13,17,27-29H,1-2,4-10,14-16,18-23H2. The highest BCUT2D eigenvalue weighted by Gasteiger charge is 2.23. The normalized spacial score (nSPS) is 22.7. The Morgan fingerprint density at radius 2 is 1.23 bits per heavy atom. The maximum Gasteiger partial charge on any atom is 0.104 e. The van der Waals surface area contributed by atoms with Crippen molar-refractivity contribution < 1.29 is 28.4 Å². The molecular weight excluding hydrogens is 444 g/mol. The van der Waals surface area contributed by atoms with Crippen LogP contribution in [0.4, 0.5) is 0 Å². The molecule has 3 aliphatic heterocycles. The van der Waals surface area contributed by atoms with Gasteiger partial charge >= 0.3 is 0 Å². The largest absolute Gasteiger partial charge is 0.379 e. The number of hydrogen-bond acceptors (Lipinski definition) is 6. The topological polar surface area (TPSA) is 65.3 Å². The highest BCUT2D eigenvalue weighted by Crippen LogP contribution is 2.19. The summed E-state index contributed by atoms with van der Waals surface area (Å²) in [5.74, 6) is 0. The molecule has 1 aromatic rings. The summed E-state index contributed by atoms with van der Waals surface area (Å²) in [6.45, 7) is 7.36. The number of benzene rings is 1. The molecule has 3 aliphatic rings. The van der Waals surface area contributed by atoms with Crippen molar-refractivity contribution in [1.82, 2.24) is 0 Å². The lowest BCUT2D eigenvalue weighted by molar-refractivity contribution is 0.113. The minimum Gasteiger partial charge on any atom is -0.379 e. The molecule has 0 radical (unpaired) electrons. The summed E-state index contributed by atoms with van der Waals surface area (Å²) >= 11 is 0. The van der Waals surface area contributed by atoms with Crippen molar-refractivity contribution in [1.29, 1.82) is 0 Å². The van der Waals surface area contributed by atoms with Crippen LogP contribution in [0.3, 0.4) is 0 Å². The Bertz CT molecular complexity index is 739. The van der Waals surface area contributed by atoms with Crippen LogP contribution in [0.1, 0.15) is 61.6 Å². The van der Waals surface area contributed by atoms with Crippen LogP contribution in [-0.4, -0.2) is 77.8 Å². The number of rotatable bonds is 22. The van der Waals surface area contributed by atoms with Crippen LogP contribution in [0.25, 0.3) is 6.08 Å². The third-order valence-electron chi connectivity index (χ3n) is 6.52. The second-order valence-electron chi connectivity index (χ2n) is 9.94. The van der Waals surface area contributed by atoms with E-state index in [2.05, 4.69) is 30.4 Å². The Hall–Kier alpha value is -1.28. The smallest absolute Gasteiger partial charge is 0.104 e. The summed E-state index contributed by atoms with van der Waals surface area (Å²) in [6.07, 6.45) is 15.8. The number of ether oxygens (including phenoxy) is 6. The number of epoxide rings is 3. The molecule has 0 saturated carbocycles. The van der Waals surface area contributed by atoms with Gasteiger partial charge in [-0.15, -0.1) is 0 Å². The second-order valence-corrected chi connectivity index (χ2v) is 9.94. The van der Waals surface area contributed by atoms with Crippen LogP contribution in [0.15, 0.2) is 24.3 Å². The minimum absolute atomic E-state index is 0.358. The molecule has 3 saturated heterocycles. The first-order valence-electron chi connectivity index (χ1n) is 13.7. The third-order valence-corrected chi connectivity index (χ3v) is 6.52. The van der Waals surface area contributed by atoms with E-state index in [4.69, 9.17) is 28.4 Å². The molecule has 196 valence electrons. The van der Waals surface area contributed by atoms with E-state index in [1.165, 1.54) is 16.7 Å². The summed E-state index contributed by atoms with van der Waals surface area (Å²) in [7, 11) is 0. The molecule has 6 heteroatoms. The van der Waals surface area contributed by atoms with E-state index < -0.39 is 0 Å². The number of aryl methyl sites for hydroxylation is 2. The fourth-order valence-electron chi connectivity index (χ4n) is 4.05. The highest BCUT2D eigenvalue weighted by atomic mass is 16.6. The van der Waals surface area contributed by atoms with Crippen molar-refractivity contribution in [3.8, 4) is 0 Å². The van der Waals surface area contributed by atoms with Crippen molar-refractivity contribution in [2.75, 3.05) is 59.5 Å². The zero-order chi connectivity index (χ0) is 24.0. The van der Waals surface area contributed by atoms with Crippen LogP contribution in [0.2, 0.25) is 0 Å². The first-order chi connectivity index (χ1) is 17.4. The van der Waals surface area contributed by atoms with Crippen LogP contribution in [0.5, 0.6) is 0 Å². The molecule has 3 heterocycles. The molecule has 4 rings (SSSR count). The Kier molecular flexibility index (Phi) is 12.0. The van der Waals surface area contributed by atoms with Gasteiger partial charge in [0.05, 0.1) is 39.6 Å². The van der Waals surface area contributed by atoms with Gasteiger partial charge in [-0.25, -0.2) is 0 Å². The fourth-order valence-corrected chi connectivity index (χ4v) is 4.05. The van der Waals surface area contributed by atoms with Crippen molar-refractivity contribution >= 4 is 6.08 Å². The van der Waals surface area contributed by atoms with Gasteiger partial charge in [-0.1, -0.05) is 30.4 Å². The van der Waals surface area contributed by atoms with E-state index >= 15 is 0 Å². The Morgan fingerprint density at radius 3 is 1.80 bits per heavy atom. The average Bonchev–Trinajstić information content (AvgIpc) is 3.71. The Labute approximate surface area is 211 Å². The zero-order valence-electron chi connectivity index (χ0n) is 21.3. The summed E-state index contributed by atoms with van der Waals surface area (Å²) in [6, 6.07) is 7.04. The van der Waals surface area contributed by atoms with Crippen LogP contribution >= 0.6 is 0 Å². The predicted molar refractivity (Wildman–Crippen MR) is 137 cm³/mol. The maximum atomic E-state index is 5.70. The van der Waals surface area contributed by atoms with Crippen LogP contribution < -0.4 is 0 Å². The number of unbranched alkanes of at least 4 members (excludes halogenated alkanes) is 4. The van der Waals surface area contributed by atoms with Gasteiger partial charge in [0.1, 0.15) is 18.3 Å². The maximum absolute atomic E-state index is 5.70. The van der Waals surface area contributed by atoms with Gasteiger partial charge in [-0.2, -0.15) is 0 Å². The Balaban J connectivity index is 1.16. The quantitative estimate of drug-likeness (QED) is 0.173. The minimum atomic E-state index is 0.358. The van der Waals surface area contributed by atoms with E-state index in [1.54, 1.807) is 0 Å². The van der Waals surface area contributed by atoms with Crippen LogP contribution in [0, 0.1) is 0 Å². The van der Waals surface area contributed by atoms with Gasteiger partial charge in [0.15, 0.2) is 0 Å². The predicted octanol–water partition coefficient (Wildman–Crippen LogP) is 4.76. The van der Waals surface area contributed by atoms with E-state index in [1.807, 2.05) is 0 Å². The van der Waals surface area contributed by atoms with Gasteiger partial charge in [0.2, 0.25) is 0 Å². The van der Waals surface area contributed by atoms with Gasteiger partial charge in [0, 0.05) is 19.8 Å². The highest BCUT2D eigenvalue weighted by molar-refractivity contribution is 5.55. The van der Waals surface area contributed by atoms with E-state index in [0.717, 1.165) is 117 Å². The fraction of sp³-hybridized carbons (Fsp3) is 0.724. The van der Waals surface area contributed by atoms with Gasteiger partial charge in [-0.05, 0) is 74.5 Å². The lowest BCUT2D eigenvalue weighted by atomic mass is 9.96. The average molecular weight is 489 g/mol. The van der Waals surface area contributed by atoms with Crippen molar-refractivity contribution in [3.63, 3.8) is 0 Å².